The molecule has 1 amide bonds. The SMILES string of the molecule is C=CCNC(=O)c1cn2ccc(C)cc2n1. The van der Waals surface area contributed by atoms with Crippen LogP contribution in [0.15, 0.2) is 37.2 Å². The lowest BCUT2D eigenvalue weighted by Gasteiger charge is -1.96. The van der Waals surface area contributed by atoms with Gasteiger partial charge in [-0.15, -0.1) is 6.58 Å². The lowest BCUT2D eigenvalue weighted by molar-refractivity contribution is 0.0953. The van der Waals surface area contributed by atoms with E-state index in [9.17, 15) is 4.79 Å². The van der Waals surface area contributed by atoms with Crippen LogP contribution in [-0.4, -0.2) is 21.8 Å². The van der Waals surface area contributed by atoms with Crippen molar-refractivity contribution in [1.29, 1.82) is 0 Å². The number of aromatic nitrogens is 2. The zero-order valence-electron chi connectivity index (χ0n) is 9.10. The van der Waals surface area contributed by atoms with Crippen LogP contribution >= 0.6 is 0 Å². The highest BCUT2D eigenvalue weighted by molar-refractivity contribution is 5.92. The third-order valence-corrected chi connectivity index (χ3v) is 2.26. The molecular weight excluding hydrogens is 202 g/mol. The number of carbonyl (C=O) groups excluding carboxylic acids is 1. The second-order valence-corrected chi connectivity index (χ2v) is 3.59. The maximum Gasteiger partial charge on any atom is 0.271 e. The largest absolute Gasteiger partial charge is 0.347 e. The maximum atomic E-state index is 11.6. The van der Waals surface area contributed by atoms with Crippen molar-refractivity contribution < 1.29 is 4.79 Å². The highest BCUT2D eigenvalue weighted by atomic mass is 16.1. The van der Waals surface area contributed by atoms with Gasteiger partial charge in [-0.3, -0.25) is 4.79 Å². The highest BCUT2D eigenvalue weighted by Crippen LogP contribution is 2.07. The van der Waals surface area contributed by atoms with E-state index in [1.807, 2.05) is 29.7 Å². The van der Waals surface area contributed by atoms with Crippen LogP contribution in [0.25, 0.3) is 5.65 Å². The first kappa shape index (κ1) is 10.4. The van der Waals surface area contributed by atoms with E-state index >= 15 is 0 Å². The number of fused-ring (bicyclic) bond motifs is 1. The molecule has 0 atom stereocenters. The van der Waals surface area contributed by atoms with Gasteiger partial charge in [0.05, 0.1) is 0 Å². The minimum atomic E-state index is -0.179. The quantitative estimate of drug-likeness (QED) is 0.790. The molecule has 2 heterocycles. The number of hydrogen-bond acceptors (Lipinski definition) is 2. The summed E-state index contributed by atoms with van der Waals surface area (Å²) in [5.74, 6) is -0.179. The van der Waals surface area contributed by atoms with E-state index < -0.39 is 0 Å². The molecule has 82 valence electrons. The Morgan fingerprint density at radius 2 is 2.50 bits per heavy atom. The molecule has 0 aliphatic carbocycles. The molecule has 0 spiro atoms. The van der Waals surface area contributed by atoms with Gasteiger partial charge in [-0.25, -0.2) is 4.98 Å². The standard InChI is InChI=1S/C12H13N3O/c1-3-5-13-12(16)10-8-15-6-4-9(2)7-11(15)14-10/h3-4,6-8H,1,5H2,2H3,(H,13,16). The molecule has 0 aliphatic rings. The monoisotopic (exact) mass is 215 g/mol. The van der Waals surface area contributed by atoms with Crippen molar-refractivity contribution in [1.82, 2.24) is 14.7 Å². The molecule has 4 heteroatoms. The van der Waals surface area contributed by atoms with E-state index in [4.69, 9.17) is 0 Å². The number of amides is 1. The van der Waals surface area contributed by atoms with Gasteiger partial charge in [-0.2, -0.15) is 0 Å². The molecule has 2 aromatic heterocycles. The Kier molecular flexibility index (Phi) is 2.72. The van der Waals surface area contributed by atoms with Crippen molar-refractivity contribution in [3.05, 3.63) is 48.4 Å². The van der Waals surface area contributed by atoms with Crippen molar-refractivity contribution in [2.75, 3.05) is 6.54 Å². The van der Waals surface area contributed by atoms with Crippen molar-refractivity contribution in [2.24, 2.45) is 0 Å². The Morgan fingerprint density at radius 1 is 1.69 bits per heavy atom. The first-order chi connectivity index (χ1) is 7.70. The normalized spacial score (nSPS) is 10.3. The van der Waals surface area contributed by atoms with Crippen LogP contribution in [0, 0.1) is 6.92 Å². The summed E-state index contributed by atoms with van der Waals surface area (Å²) in [7, 11) is 0. The summed E-state index contributed by atoms with van der Waals surface area (Å²) >= 11 is 0. The van der Waals surface area contributed by atoms with E-state index in [0.29, 0.717) is 12.2 Å². The Hall–Kier alpha value is -2.10. The number of carbonyl (C=O) groups is 1. The number of pyridine rings is 1. The molecule has 1 N–H and O–H groups in total. The second-order valence-electron chi connectivity index (χ2n) is 3.59. The summed E-state index contributed by atoms with van der Waals surface area (Å²) in [6, 6.07) is 3.91. The number of rotatable bonds is 3. The Labute approximate surface area is 93.6 Å². The van der Waals surface area contributed by atoms with Crippen molar-refractivity contribution >= 4 is 11.6 Å². The number of nitrogens with zero attached hydrogens (tertiary/aromatic N) is 2. The summed E-state index contributed by atoms with van der Waals surface area (Å²) in [5, 5.41) is 2.69. The van der Waals surface area contributed by atoms with Gasteiger partial charge in [0, 0.05) is 18.9 Å². The van der Waals surface area contributed by atoms with Gasteiger partial charge in [0.15, 0.2) is 0 Å². The van der Waals surface area contributed by atoms with E-state index in [1.54, 1.807) is 12.3 Å². The molecular formula is C12H13N3O. The first-order valence-corrected chi connectivity index (χ1v) is 5.05. The molecule has 0 fully saturated rings. The van der Waals surface area contributed by atoms with Crippen LogP contribution in [0.1, 0.15) is 16.1 Å². The van der Waals surface area contributed by atoms with Gasteiger partial charge in [-0.1, -0.05) is 6.08 Å². The van der Waals surface area contributed by atoms with Crippen molar-refractivity contribution in [3.8, 4) is 0 Å². The van der Waals surface area contributed by atoms with Crippen LogP contribution in [0.4, 0.5) is 0 Å². The molecule has 0 saturated carbocycles. The lowest BCUT2D eigenvalue weighted by Crippen LogP contribution is -2.23. The summed E-state index contributed by atoms with van der Waals surface area (Å²) in [4.78, 5) is 15.9. The van der Waals surface area contributed by atoms with E-state index in [-0.39, 0.29) is 5.91 Å². The van der Waals surface area contributed by atoms with E-state index in [2.05, 4.69) is 16.9 Å². The van der Waals surface area contributed by atoms with Crippen LogP contribution in [0.5, 0.6) is 0 Å². The molecule has 2 rings (SSSR count). The zero-order chi connectivity index (χ0) is 11.5. The van der Waals surface area contributed by atoms with Crippen LogP contribution < -0.4 is 5.32 Å². The maximum absolute atomic E-state index is 11.6. The number of nitrogens with one attached hydrogen (secondary N) is 1. The van der Waals surface area contributed by atoms with Gasteiger partial charge in [0.25, 0.3) is 5.91 Å². The topological polar surface area (TPSA) is 46.4 Å². The minimum absolute atomic E-state index is 0.179. The highest BCUT2D eigenvalue weighted by Gasteiger charge is 2.09. The Balaban J connectivity index is 2.32. The van der Waals surface area contributed by atoms with Gasteiger partial charge < -0.3 is 9.72 Å². The van der Waals surface area contributed by atoms with E-state index in [0.717, 1.165) is 11.2 Å². The van der Waals surface area contributed by atoms with Crippen LogP contribution in [-0.2, 0) is 0 Å². The first-order valence-electron chi connectivity index (χ1n) is 5.05. The summed E-state index contributed by atoms with van der Waals surface area (Å²) in [6.07, 6.45) is 5.24. The van der Waals surface area contributed by atoms with Gasteiger partial charge in [0.2, 0.25) is 0 Å². The predicted molar refractivity (Wildman–Crippen MR) is 62.5 cm³/mol. The third-order valence-electron chi connectivity index (χ3n) is 2.26. The fraction of sp³-hybridized carbons (Fsp3) is 0.167. The fourth-order valence-corrected chi connectivity index (χ4v) is 1.45. The smallest absolute Gasteiger partial charge is 0.271 e. The number of hydrogen-bond donors (Lipinski definition) is 1. The fourth-order valence-electron chi connectivity index (χ4n) is 1.45. The molecule has 0 radical (unpaired) electrons. The zero-order valence-corrected chi connectivity index (χ0v) is 9.10. The minimum Gasteiger partial charge on any atom is -0.347 e. The molecule has 0 unspecified atom stereocenters. The second kappa shape index (κ2) is 4.18. The molecule has 2 aromatic rings. The third kappa shape index (κ3) is 1.95. The lowest BCUT2D eigenvalue weighted by atomic mass is 10.3. The Morgan fingerprint density at radius 3 is 3.25 bits per heavy atom. The van der Waals surface area contributed by atoms with Crippen molar-refractivity contribution in [3.63, 3.8) is 0 Å². The molecule has 0 aliphatic heterocycles. The molecule has 0 aromatic carbocycles. The summed E-state index contributed by atoms with van der Waals surface area (Å²) < 4.78 is 1.83. The number of imidazole rings is 1. The predicted octanol–water partition coefficient (Wildman–Crippen LogP) is 1.56. The average Bonchev–Trinajstić information content (AvgIpc) is 2.68. The van der Waals surface area contributed by atoms with Crippen LogP contribution in [0.2, 0.25) is 0 Å². The van der Waals surface area contributed by atoms with Crippen LogP contribution in [0.3, 0.4) is 0 Å². The Bertz CT molecular complexity index is 542. The van der Waals surface area contributed by atoms with Gasteiger partial charge >= 0.3 is 0 Å². The van der Waals surface area contributed by atoms with Crippen molar-refractivity contribution in [2.45, 2.75) is 6.92 Å². The molecule has 16 heavy (non-hydrogen) atoms. The van der Waals surface area contributed by atoms with Gasteiger partial charge in [0.1, 0.15) is 11.3 Å². The molecule has 0 bridgehead atoms. The van der Waals surface area contributed by atoms with E-state index in [1.165, 1.54) is 0 Å². The average molecular weight is 215 g/mol. The number of aryl methyl sites for hydroxylation is 1. The molecule has 4 nitrogen and oxygen atoms in total. The van der Waals surface area contributed by atoms with Gasteiger partial charge in [-0.05, 0) is 24.6 Å². The summed E-state index contributed by atoms with van der Waals surface area (Å²) in [5.41, 5.74) is 2.33. The summed E-state index contributed by atoms with van der Waals surface area (Å²) in [6.45, 7) is 5.98. The molecule has 0 saturated heterocycles.